The van der Waals surface area contributed by atoms with Crippen molar-refractivity contribution in [1.82, 2.24) is 4.98 Å². The fourth-order valence-corrected chi connectivity index (χ4v) is 3.29. The molecule has 0 fully saturated rings. The van der Waals surface area contributed by atoms with Crippen molar-refractivity contribution in [1.29, 1.82) is 0 Å². The van der Waals surface area contributed by atoms with Gasteiger partial charge < -0.3 is 10.2 Å². The molecule has 0 radical (unpaired) electrons. The summed E-state index contributed by atoms with van der Waals surface area (Å²) in [7, 11) is 1.73. The van der Waals surface area contributed by atoms with Crippen molar-refractivity contribution in [2.24, 2.45) is 0 Å². The second kappa shape index (κ2) is 6.59. The van der Waals surface area contributed by atoms with E-state index in [2.05, 4.69) is 31.5 Å². The summed E-state index contributed by atoms with van der Waals surface area (Å²) in [6, 6.07) is 8.59. The molecule has 23 heavy (non-hydrogen) atoms. The Bertz CT molecular complexity index is 767. The Hall–Kier alpha value is -2.06. The van der Waals surface area contributed by atoms with Crippen LogP contribution in [0.3, 0.4) is 0 Å². The van der Waals surface area contributed by atoms with Crippen LogP contribution in [-0.4, -0.2) is 29.7 Å². The first kappa shape index (κ1) is 15.8. The molecule has 1 aromatic heterocycles. The SMILES string of the molecule is CN1C(=O)CSc2ccc(NC(=O)Nc3ccc(Br)cn3)cc21. The van der Waals surface area contributed by atoms with Crippen LogP contribution >= 0.6 is 27.7 Å². The lowest BCUT2D eigenvalue weighted by Crippen LogP contribution is -2.31. The second-order valence-corrected chi connectivity index (χ2v) is 6.80. The maximum absolute atomic E-state index is 12.0. The number of amides is 3. The molecule has 6 nitrogen and oxygen atoms in total. The molecule has 0 unspecified atom stereocenters. The summed E-state index contributed by atoms with van der Waals surface area (Å²) in [4.78, 5) is 30.5. The molecule has 2 aromatic rings. The predicted octanol–water partition coefficient (Wildman–Crippen LogP) is 3.56. The third-order valence-electron chi connectivity index (χ3n) is 3.27. The van der Waals surface area contributed by atoms with E-state index in [-0.39, 0.29) is 5.91 Å². The predicted molar refractivity (Wildman–Crippen MR) is 95.2 cm³/mol. The van der Waals surface area contributed by atoms with Gasteiger partial charge in [0.2, 0.25) is 5.91 Å². The van der Waals surface area contributed by atoms with Crippen molar-refractivity contribution in [3.8, 4) is 0 Å². The smallest absolute Gasteiger partial charge is 0.314 e. The molecule has 0 bridgehead atoms. The number of benzene rings is 1. The molecule has 1 aliphatic rings. The van der Waals surface area contributed by atoms with E-state index in [9.17, 15) is 9.59 Å². The van der Waals surface area contributed by atoms with E-state index in [1.807, 2.05) is 12.1 Å². The van der Waals surface area contributed by atoms with Gasteiger partial charge in [-0.1, -0.05) is 0 Å². The maximum Gasteiger partial charge on any atom is 0.324 e. The molecule has 2 N–H and O–H groups in total. The number of carbonyl (C=O) groups excluding carboxylic acids is 2. The van der Waals surface area contributed by atoms with Crippen LogP contribution < -0.4 is 15.5 Å². The lowest BCUT2D eigenvalue weighted by Gasteiger charge is -2.25. The van der Waals surface area contributed by atoms with Gasteiger partial charge in [0.15, 0.2) is 0 Å². The number of carbonyl (C=O) groups is 2. The largest absolute Gasteiger partial charge is 0.324 e. The van der Waals surface area contributed by atoms with Gasteiger partial charge >= 0.3 is 6.03 Å². The van der Waals surface area contributed by atoms with Gasteiger partial charge in [0.1, 0.15) is 5.82 Å². The van der Waals surface area contributed by atoms with Crippen molar-refractivity contribution < 1.29 is 9.59 Å². The van der Waals surface area contributed by atoms with Crippen molar-refractivity contribution in [3.05, 3.63) is 41.0 Å². The van der Waals surface area contributed by atoms with Crippen molar-refractivity contribution in [2.45, 2.75) is 4.90 Å². The molecule has 0 saturated heterocycles. The number of nitrogens with one attached hydrogen (secondary N) is 2. The van der Waals surface area contributed by atoms with Crippen LogP contribution in [0.4, 0.5) is 22.0 Å². The Balaban J connectivity index is 1.71. The van der Waals surface area contributed by atoms with Gasteiger partial charge in [-0.2, -0.15) is 0 Å². The summed E-state index contributed by atoms with van der Waals surface area (Å²) >= 11 is 4.78. The van der Waals surface area contributed by atoms with Crippen LogP contribution in [0.25, 0.3) is 0 Å². The van der Waals surface area contributed by atoms with E-state index in [1.54, 1.807) is 36.3 Å². The molecule has 1 aliphatic heterocycles. The summed E-state index contributed by atoms with van der Waals surface area (Å²) in [6.07, 6.45) is 1.60. The molecule has 3 rings (SSSR count). The van der Waals surface area contributed by atoms with Crippen molar-refractivity contribution >= 4 is 56.8 Å². The molecule has 118 valence electrons. The van der Waals surface area contributed by atoms with E-state index in [1.165, 1.54) is 11.8 Å². The van der Waals surface area contributed by atoms with Crippen molar-refractivity contribution in [3.63, 3.8) is 0 Å². The minimum atomic E-state index is -0.391. The fourth-order valence-electron chi connectivity index (χ4n) is 2.08. The minimum Gasteiger partial charge on any atom is -0.314 e. The zero-order valence-electron chi connectivity index (χ0n) is 12.2. The van der Waals surface area contributed by atoms with E-state index < -0.39 is 6.03 Å². The summed E-state index contributed by atoms with van der Waals surface area (Å²) in [5, 5.41) is 5.39. The quantitative estimate of drug-likeness (QED) is 0.819. The normalized spacial score (nSPS) is 13.5. The second-order valence-electron chi connectivity index (χ2n) is 4.86. The summed E-state index contributed by atoms with van der Waals surface area (Å²) in [5.41, 5.74) is 1.41. The van der Waals surface area contributed by atoms with E-state index in [0.29, 0.717) is 17.3 Å². The standard InChI is InChI=1S/C15H13BrN4O2S/c1-20-11-6-10(3-4-12(11)23-8-14(20)21)18-15(22)19-13-5-2-9(16)7-17-13/h2-7H,8H2,1H3,(H2,17,18,19,22). The van der Waals surface area contributed by atoms with Crippen LogP contribution in [0.15, 0.2) is 45.9 Å². The van der Waals surface area contributed by atoms with E-state index >= 15 is 0 Å². The average Bonchev–Trinajstić information content (AvgIpc) is 2.53. The van der Waals surface area contributed by atoms with Crippen molar-refractivity contribution in [2.75, 3.05) is 28.3 Å². The number of aromatic nitrogens is 1. The number of pyridine rings is 1. The number of nitrogens with zero attached hydrogens (tertiary/aromatic N) is 2. The molecular formula is C15H13BrN4O2S. The zero-order chi connectivity index (χ0) is 16.4. The Labute approximate surface area is 145 Å². The third-order valence-corrected chi connectivity index (χ3v) is 4.79. The number of fused-ring (bicyclic) bond motifs is 1. The topological polar surface area (TPSA) is 74.3 Å². The number of thioether (sulfide) groups is 1. The lowest BCUT2D eigenvalue weighted by atomic mass is 10.2. The number of hydrogen-bond acceptors (Lipinski definition) is 4. The Morgan fingerprint density at radius 2 is 2.13 bits per heavy atom. The molecular weight excluding hydrogens is 380 g/mol. The van der Waals surface area contributed by atoms with Crippen LogP contribution in [0, 0.1) is 0 Å². The van der Waals surface area contributed by atoms with Gasteiger partial charge in [0.25, 0.3) is 0 Å². The molecule has 3 amide bonds. The molecule has 0 atom stereocenters. The van der Waals surface area contributed by atoms with Gasteiger partial charge in [-0.25, -0.2) is 9.78 Å². The van der Waals surface area contributed by atoms with Crippen LogP contribution in [0.1, 0.15) is 0 Å². The average molecular weight is 393 g/mol. The molecule has 1 aromatic carbocycles. The molecule has 0 spiro atoms. The van der Waals surface area contributed by atoms with Crippen LogP contribution in [-0.2, 0) is 4.79 Å². The Morgan fingerprint density at radius 1 is 1.30 bits per heavy atom. The highest BCUT2D eigenvalue weighted by Gasteiger charge is 2.21. The van der Waals surface area contributed by atoms with Gasteiger partial charge in [-0.15, -0.1) is 11.8 Å². The third kappa shape index (κ3) is 3.65. The van der Waals surface area contributed by atoms with Gasteiger partial charge in [-0.05, 0) is 46.3 Å². The summed E-state index contributed by atoms with van der Waals surface area (Å²) in [6.45, 7) is 0. The molecule has 0 aliphatic carbocycles. The number of halogens is 1. The monoisotopic (exact) mass is 392 g/mol. The van der Waals surface area contributed by atoms with Gasteiger partial charge in [-0.3, -0.25) is 10.1 Å². The van der Waals surface area contributed by atoms with Crippen LogP contribution in [0.5, 0.6) is 0 Å². The van der Waals surface area contributed by atoms with E-state index in [4.69, 9.17) is 0 Å². The highest BCUT2D eigenvalue weighted by atomic mass is 79.9. The minimum absolute atomic E-state index is 0.0446. The number of hydrogen-bond donors (Lipinski definition) is 2. The number of anilines is 3. The molecule has 2 heterocycles. The summed E-state index contributed by atoms with van der Waals surface area (Å²) < 4.78 is 0.836. The fraction of sp³-hybridized carbons (Fsp3) is 0.133. The first-order valence-electron chi connectivity index (χ1n) is 6.76. The van der Waals surface area contributed by atoms with E-state index in [0.717, 1.165) is 15.1 Å². The van der Waals surface area contributed by atoms with Gasteiger partial charge in [0, 0.05) is 28.3 Å². The van der Waals surface area contributed by atoms with Crippen LogP contribution in [0.2, 0.25) is 0 Å². The number of urea groups is 1. The zero-order valence-corrected chi connectivity index (χ0v) is 14.6. The van der Waals surface area contributed by atoms with Gasteiger partial charge in [0.05, 0.1) is 11.4 Å². The Morgan fingerprint density at radius 3 is 2.87 bits per heavy atom. The highest BCUT2D eigenvalue weighted by Crippen LogP contribution is 2.36. The highest BCUT2D eigenvalue weighted by molar-refractivity contribution is 9.10. The Kier molecular flexibility index (Phi) is 4.53. The first-order chi connectivity index (χ1) is 11.0. The first-order valence-corrected chi connectivity index (χ1v) is 8.54. The summed E-state index contributed by atoms with van der Waals surface area (Å²) in [5.74, 6) is 0.932. The molecule has 0 saturated carbocycles. The lowest BCUT2D eigenvalue weighted by molar-refractivity contribution is -0.116. The maximum atomic E-state index is 12.0. The number of rotatable bonds is 2. The molecule has 8 heteroatoms.